The summed E-state index contributed by atoms with van der Waals surface area (Å²) < 4.78 is 0. The van der Waals surface area contributed by atoms with Gasteiger partial charge in [0.2, 0.25) is 0 Å². The Morgan fingerprint density at radius 3 is 2.09 bits per heavy atom. The van der Waals surface area contributed by atoms with Crippen molar-refractivity contribution < 1.29 is 5.11 Å². The van der Waals surface area contributed by atoms with Gasteiger partial charge in [-0.1, -0.05) is 37.3 Å². The zero-order chi connectivity index (χ0) is 8.27. The van der Waals surface area contributed by atoms with E-state index in [4.69, 9.17) is 0 Å². The van der Waals surface area contributed by atoms with Crippen LogP contribution in [0, 0.1) is 0 Å². The lowest BCUT2D eigenvalue weighted by atomic mass is 9.97. The van der Waals surface area contributed by atoms with Crippen molar-refractivity contribution in [3.05, 3.63) is 35.9 Å². The van der Waals surface area contributed by atoms with Crippen molar-refractivity contribution in [2.75, 3.05) is 0 Å². The van der Waals surface area contributed by atoms with Crippen molar-refractivity contribution in [1.82, 2.24) is 0 Å². The molecule has 0 radical (unpaired) electrons. The number of aliphatic hydroxyl groups excluding tert-OH is 1. The van der Waals surface area contributed by atoms with Gasteiger partial charge < -0.3 is 5.11 Å². The van der Waals surface area contributed by atoms with E-state index in [2.05, 4.69) is 0 Å². The van der Waals surface area contributed by atoms with Crippen LogP contribution in [0.15, 0.2) is 30.3 Å². The Hall–Kier alpha value is -0.820. The summed E-state index contributed by atoms with van der Waals surface area (Å²) in [6.07, 6.45) is -0.266. The molecule has 0 unspecified atom stereocenters. The normalized spacial score (nSPS) is 15.9. The minimum atomic E-state index is -0.266. The lowest BCUT2D eigenvalue weighted by Gasteiger charge is -2.14. The molecule has 1 heteroatoms. The predicted octanol–water partition coefficient (Wildman–Crippen LogP) is 2.17. The van der Waals surface area contributed by atoms with Gasteiger partial charge in [-0.15, -0.1) is 0 Å². The summed E-state index contributed by atoms with van der Waals surface area (Å²) >= 11 is 0. The summed E-state index contributed by atoms with van der Waals surface area (Å²) in [4.78, 5) is 0. The number of aliphatic hydroxyl groups is 1. The van der Waals surface area contributed by atoms with Crippen LogP contribution >= 0.6 is 0 Å². The molecule has 1 rings (SSSR count). The molecule has 0 amide bonds. The van der Waals surface area contributed by atoms with Gasteiger partial charge in [-0.25, -0.2) is 0 Å². The molecule has 1 aromatic carbocycles. The van der Waals surface area contributed by atoms with E-state index in [0.29, 0.717) is 0 Å². The standard InChI is InChI=1S/C10H14O/c1-8(9(2)11)10-6-4-3-5-7-10/h3-9,11H,1-2H3/t8-,9+/m1/s1. The van der Waals surface area contributed by atoms with Gasteiger partial charge in [-0.2, -0.15) is 0 Å². The molecule has 0 saturated carbocycles. The van der Waals surface area contributed by atoms with Crippen LogP contribution in [0.3, 0.4) is 0 Å². The molecule has 0 spiro atoms. The minimum Gasteiger partial charge on any atom is -0.393 e. The Kier molecular flexibility index (Phi) is 2.66. The van der Waals surface area contributed by atoms with E-state index >= 15 is 0 Å². The molecule has 0 aliphatic heterocycles. The summed E-state index contributed by atoms with van der Waals surface area (Å²) in [6, 6.07) is 10.1. The maximum atomic E-state index is 9.27. The van der Waals surface area contributed by atoms with Crippen LogP contribution in [0.5, 0.6) is 0 Å². The van der Waals surface area contributed by atoms with Crippen molar-refractivity contribution in [2.45, 2.75) is 25.9 Å². The molecule has 0 saturated heterocycles. The van der Waals surface area contributed by atoms with E-state index < -0.39 is 0 Å². The van der Waals surface area contributed by atoms with Gasteiger partial charge in [-0.3, -0.25) is 0 Å². The van der Waals surface area contributed by atoms with Gasteiger partial charge in [0, 0.05) is 5.92 Å². The van der Waals surface area contributed by atoms with Crippen LogP contribution in [0.1, 0.15) is 25.3 Å². The van der Waals surface area contributed by atoms with Gasteiger partial charge in [-0.05, 0) is 12.5 Å². The van der Waals surface area contributed by atoms with Crippen molar-refractivity contribution in [3.63, 3.8) is 0 Å². The van der Waals surface area contributed by atoms with Gasteiger partial charge in [0.25, 0.3) is 0 Å². The highest BCUT2D eigenvalue weighted by molar-refractivity contribution is 5.19. The second-order valence-electron chi connectivity index (χ2n) is 2.94. The topological polar surface area (TPSA) is 20.2 Å². The van der Waals surface area contributed by atoms with Crippen molar-refractivity contribution in [2.24, 2.45) is 0 Å². The van der Waals surface area contributed by atoms with Crippen LogP contribution < -0.4 is 0 Å². The molecule has 0 bridgehead atoms. The molecule has 0 aliphatic rings. The van der Waals surface area contributed by atoms with Crippen LogP contribution in [-0.2, 0) is 0 Å². The molecule has 0 aliphatic carbocycles. The average molecular weight is 150 g/mol. The van der Waals surface area contributed by atoms with E-state index in [9.17, 15) is 5.11 Å². The predicted molar refractivity (Wildman–Crippen MR) is 46.5 cm³/mol. The lowest BCUT2D eigenvalue weighted by Crippen LogP contribution is -2.10. The summed E-state index contributed by atoms with van der Waals surface area (Å²) in [5.41, 5.74) is 1.20. The highest BCUT2D eigenvalue weighted by Crippen LogP contribution is 2.17. The van der Waals surface area contributed by atoms with Crippen LogP contribution in [-0.4, -0.2) is 11.2 Å². The number of hydrogen-bond acceptors (Lipinski definition) is 1. The first kappa shape index (κ1) is 8.28. The van der Waals surface area contributed by atoms with E-state index in [1.54, 1.807) is 0 Å². The summed E-state index contributed by atoms with van der Waals surface area (Å²) in [6.45, 7) is 3.84. The fourth-order valence-corrected chi connectivity index (χ4v) is 1.04. The minimum absolute atomic E-state index is 0.233. The molecule has 1 N–H and O–H groups in total. The second-order valence-corrected chi connectivity index (χ2v) is 2.94. The first-order valence-corrected chi connectivity index (χ1v) is 3.95. The molecule has 11 heavy (non-hydrogen) atoms. The third-order valence-electron chi connectivity index (χ3n) is 2.05. The van der Waals surface area contributed by atoms with Gasteiger partial charge in [0.05, 0.1) is 6.10 Å². The molecule has 2 atom stereocenters. The first-order valence-electron chi connectivity index (χ1n) is 3.95. The molecule has 1 nitrogen and oxygen atoms in total. The molecule has 1 aromatic rings. The Balaban J connectivity index is 2.77. The second kappa shape index (κ2) is 3.54. The Bertz CT molecular complexity index is 203. The maximum Gasteiger partial charge on any atom is 0.0577 e. The number of rotatable bonds is 2. The molecule has 0 aromatic heterocycles. The zero-order valence-electron chi connectivity index (χ0n) is 6.99. The van der Waals surface area contributed by atoms with Crippen LogP contribution in [0.25, 0.3) is 0 Å². The highest BCUT2D eigenvalue weighted by Gasteiger charge is 2.09. The largest absolute Gasteiger partial charge is 0.393 e. The molecule has 60 valence electrons. The van der Waals surface area contributed by atoms with Gasteiger partial charge in [0.15, 0.2) is 0 Å². The zero-order valence-corrected chi connectivity index (χ0v) is 6.99. The van der Waals surface area contributed by atoms with E-state index in [0.717, 1.165) is 0 Å². The Labute approximate surface area is 67.7 Å². The average Bonchev–Trinajstić information content (AvgIpc) is 2.05. The first-order chi connectivity index (χ1) is 5.22. The Morgan fingerprint density at radius 2 is 1.64 bits per heavy atom. The molecule has 0 fully saturated rings. The number of benzene rings is 1. The van der Waals surface area contributed by atoms with Crippen molar-refractivity contribution in [3.8, 4) is 0 Å². The van der Waals surface area contributed by atoms with E-state index in [1.165, 1.54) is 5.56 Å². The molecular weight excluding hydrogens is 136 g/mol. The fraction of sp³-hybridized carbons (Fsp3) is 0.400. The summed E-state index contributed by atoms with van der Waals surface area (Å²) in [5, 5.41) is 9.27. The monoisotopic (exact) mass is 150 g/mol. The summed E-state index contributed by atoms with van der Waals surface area (Å²) in [7, 11) is 0. The quantitative estimate of drug-likeness (QED) is 0.685. The third-order valence-corrected chi connectivity index (χ3v) is 2.05. The fourth-order valence-electron chi connectivity index (χ4n) is 1.04. The van der Waals surface area contributed by atoms with Gasteiger partial charge in [0.1, 0.15) is 0 Å². The highest BCUT2D eigenvalue weighted by atomic mass is 16.3. The summed E-state index contributed by atoms with van der Waals surface area (Å²) in [5.74, 6) is 0.233. The van der Waals surface area contributed by atoms with E-state index in [1.807, 2.05) is 44.2 Å². The van der Waals surface area contributed by atoms with Crippen LogP contribution in [0.2, 0.25) is 0 Å². The third kappa shape index (κ3) is 2.05. The van der Waals surface area contributed by atoms with Crippen molar-refractivity contribution in [1.29, 1.82) is 0 Å². The maximum absolute atomic E-state index is 9.27. The number of hydrogen-bond donors (Lipinski definition) is 1. The molecular formula is C10H14O. The van der Waals surface area contributed by atoms with Crippen LogP contribution in [0.4, 0.5) is 0 Å². The Morgan fingerprint density at radius 1 is 1.09 bits per heavy atom. The van der Waals surface area contributed by atoms with Crippen molar-refractivity contribution >= 4 is 0 Å². The van der Waals surface area contributed by atoms with E-state index in [-0.39, 0.29) is 12.0 Å². The van der Waals surface area contributed by atoms with Gasteiger partial charge >= 0.3 is 0 Å². The smallest absolute Gasteiger partial charge is 0.0577 e. The molecule has 0 heterocycles. The lowest BCUT2D eigenvalue weighted by molar-refractivity contribution is 0.169. The SMILES string of the molecule is C[C@H](O)[C@@H](C)c1ccccc1.